The van der Waals surface area contributed by atoms with Crippen molar-refractivity contribution >= 4 is 35.0 Å². The van der Waals surface area contributed by atoms with Crippen molar-refractivity contribution in [2.45, 2.75) is 50.5 Å². The van der Waals surface area contributed by atoms with Crippen LogP contribution in [-0.4, -0.2) is 71.2 Å². The minimum Gasteiger partial charge on any atom is -0.343 e. The van der Waals surface area contributed by atoms with Crippen molar-refractivity contribution in [3.05, 3.63) is 106 Å². The van der Waals surface area contributed by atoms with Crippen LogP contribution in [0.5, 0.6) is 0 Å². The smallest absolute Gasteiger partial charge is 0.343 e. The standard InChI is InChI=1S/C34H33ClF3N5O3/c35-26-12-10-22(11-13-26)16-28(40-30(44)27-17-24-8-4-5-9-25(24)19-39-27)31(45)42-15-14-29-33(20-42,18-23-6-2-1-3-7-23)32(46)43(41-29)21-34(36,37)38/h1-13,27-28,39H,14-21H2,(H,40,44). The van der Waals surface area contributed by atoms with Crippen molar-refractivity contribution < 1.29 is 27.6 Å². The van der Waals surface area contributed by atoms with Gasteiger partial charge in [-0.15, -0.1) is 0 Å². The first-order chi connectivity index (χ1) is 22.0. The molecular weight excluding hydrogens is 619 g/mol. The van der Waals surface area contributed by atoms with Crippen LogP contribution < -0.4 is 10.6 Å². The molecule has 240 valence electrons. The Labute approximate surface area is 269 Å². The van der Waals surface area contributed by atoms with E-state index in [9.17, 15) is 27.6 Å². The molecule has 3 aliphatic heterocycles. The minimum absolute atomic E-state index is 0.0866. The van der Waals surface area contributed by atoms with E-state index in [1.54, 1.807) is 48.5 Å². The number of hydrogen-bond donors (Lipinski definition) is 2. The molecule has 0 radical (unpaired) electrons. The molecule has 1 saturated heterocycles. The lowest BCUT2D eigenvalue weighted by atomic mass is 9.73. The molecule has 3 amide bonds. The lowest BCUT2D eigenvalue weighted by Crippen LogP contribution is -2.60. The Morgan fingerprint density at radius 3 is 2.41 bits per heavy atom. The molecule has 3 heterocycles. The van der Waals surface area contributed by atoms with Crippen LogP contribution in [0, 0.1) is 5.41 Å². The lowest BCUT2D eigenvalue weighted by molar-refractivity contribution is -0.164. The van der Waals surface area contributed by atoms with Gasteiger partial charge in [0.15, 0.2) is 0 Å². The highest BCUT2D eigenvalue weighted by Gasteiger charge is 2.56. The minimum atomic E-state index is -4.64. The van der Waals surface area contributed by atoms with Gasteiger partial charge in [-0.2, -0.15) is 18.3 Å². The third kappa shape index (κ3) is 6.80. The molecule has 3 aromatic rings. The first kappa shape index (κ1) is 31.7. The summed E-state index contributed by atoms with van der Waals surface area (Å²) in [6.07, 6.45) is -3.82. The molecule has 0 saturated carbocycles. The molecule has 0 aliphatic carbocycles. The van der Waals surface area contributed by atoms with Crippen LogP contribution in [0.1, 0.15) is 28.7 Å². The average molecular weight is 652 g/mol. The number of rotatable bonds is 8. The Morgan fingerprint density at radius 2 is 1.70 bits per heavy atom. The van der Waals surface area contributed by atoms with Gasteiger partial charge in [-0.1, -0.05) is 78.3 Å². The number of fused-ring (bicyclic) bond motifs is 2. The molecule has 12 heteroatoms. The fourth-order valence-corrected chi connectivity index (χ4v) is 6.71. The third-order valence-corrected chi connectivity index (χ3v) is 9.12. The summed E-state index contributed by atoms with van der Waals surface area (Å²) in [6.45, 7) is -1.01. The van der Waals surface area contributed by atoms with Gasteiger partial charge in [-0.3, -0.25) is 14.4 Å². The Morgan fingerprint density at radius 1 is 1.00 bits per heavy atom. The zero-order chi connectivity index (χ0) is 32.5. The van der Waals surface area contributed by atoms with Gasteiger partial charge >= 0.3 is 6.18 Å². The number of carbonyl (C=O) groups is 3. The summed E-state index contributed by atoms with van der Waals surface area (Å²) >= 11 is 6.09. The second-order valence-corrected chi connectivity index (χ2v) is 12.5. The fraction of sp³-hybridized carbons (Fsp3) is 0.353. The molecule has 3 unspecified atom stereocenters. The molecule has 46 heavy (non-hydrogen) atoms. The van der Waals surface area contributed by atoms with Crippen molar-refractivity contribution in [1.82, 2.24) is 20.5 Å². The first-order valence-electron chi connectivity index (χ1n) is 15.2. The van der Waals surface area contributed by atoms with Crippen LogP contribution in [-0.2, 0) is 40.2 Å². The van der Waals surface area contributed by atoms with E-state index < -0.39 is 42.0 Å². The number of hydrogen-bond acceptors (Lipinski definition) is 5. The highest BCUT2D eigenvalue weighted by atomic mass is 35.5. The maximum Gasteiger partial charge on any atom is 0.408 e. The van der Waals surface area contributed by atoms with Crippen molar-refractivity contribution in [3.8, 4) is 0 Å². The monoisotopic (exact) mass is 651 g/mol. The number of nitrogens with one attached hydrogen (secondary N) is 2. The van der Waals surface area contributed by atoms with E-state index in [4.69, 9.17) is 11.6 Å². The number of benzene rings is 3. The molecule has 6 rings (SSSR count). The van der Waals surface area contributed by atoms with E-state index in [1.165, 1.54) is 4.90 Å². The number of amides is 3. The highest BCUT2D eigenvalue weighted by molar-refractivity contribution is 6.30. The number of likely N-dealkylation sites (tertiary alicyclic amines) is 1. The molecule has 2 N–H and O–H groups in total. The Hall–Kier alpha value is -4.22. The zero-order valence-electron chi connectivity index (χ0n) is 24.9. The average Bonchev–Trinajstić information content (AvgIpc) is 3.30. The quantitative estimate of drug-likeness (QED) is 0.380. The predicted molar refractivity (Wildman–Crippen MR) is 167 cm³/mol. The molecular formula is C34H33ClF3N5O3. The molecule has 1 fully saturated rings. The van der Waals surface area contributed by atoms with Gasteiger partial charge < -0.3 is 15.5 Å². The van der Waals surface area contributed by atoms with Crippen LogP contribution >= 0.6 is 11.6 Å². The van der Waals surface area contributed by atoms with Crippen molar-refractivity contribution in [2.24, 2.45) is 10.5 Å². The fourth-order valence-electron chi connectivity index (χ4n) is 6.58. The Kier molecular flexibility index (Phi) is 8.89. The van der Waals surface area contributed by atoms with E-state index in [0.29, 0.717) is 28.7 Å². The van der Waals surface area contributed by atoms with Crippen molar-refractivity contribution in [3.63, 3.8) is 0 Å². The van der Waals surface area contributed by atoms with Crippen LogP contribution in [0.4, 0.5) is 13.2 Å². The first-order valence-corrected chi connectivity index (χ1v) is 15.5. The van der Waals surface area contributed by atoms with E-state index in [-0.39, 0.29) is 38.3 Å². The van der Waals surface area contributed by atoms with E-state index in [1.807, 2.05) is 30.3 Å². The zero-order valence-corrected chi connectivity index (χ0v) is 25.7. The topological polar surface area (TPSA) is 94.1 Å². The number of nitrogens with zero attached hydrogens (tertiary/aromatic N) is 3. The summed E-state index contributed by atoms with van der Waals surface area (Å²) in [5.74, 6) is -1.55. The number of carbonyl (C=O) groups excluding carboxylic acids is 3. The number of halogens is 4. The SMILES string of the molecule is O=C(NC(Cc1ccc(Cl)cc1)C(=O)N1CCC2=NN(CC(F)(F)F)C(=O)C2(Cc2ccccc2)C1)C1Cc2ccccc2CN1. The van der Waals surface area contributed by atoms with Crippen LogP contribution in [0.25, 0.3) is 0 Å². The Bertz CT molecular complexity index is 1650. The summed E-state index contributed by atoms with van der Waals surface area (Å²) in [4.78, 5) is 43.2. The highest BCUT2D eigenvalue weighted by Crippen LogP contribution is 2.40. The van der Waals surface area contributed by atoms with Crippen LogP contribution in [0.2, 0.25) is 5.02 Å². The summed E-state index contributed by atoms with van der Waals surface area (Å²) < 4.78 is 40.3. The van der Waals surface area contributed by atoms with E-state index in [0.717, 1.165) is 22.3 Å². The number of alkyl halides is 3. The predicted octanol–water partition coefficient (Wildman–Crippen LogP) is 4.30. The van der Waals surface area contributed by atoms with E-state index in [2.05, 4.69) is 15.7 Å². The van der Waals surface area contributed by atoms with Gasteiger partial charge in [0, 0.05) is 37.5 Å². The van der Waals surface area contributed by atoms with Crippen LogP contribution in [0.3, 0.4) is 0 Å². The second kappa shape index (κ2) is 12.9. The molecule has 8 nitrogen and oxygen atoms in total. The molecule has 3 aromatic carbocycles. The summed E-state index contributed by atoms with van der Waals surface area (Å²) in [6, 6.07) is 22.2. The van der Waals surface area contributed by atoms with Gasteiger partial charge in [-0.05, 0) is 47.2 Å². The maximum absolute atomic E-state index is 14.3. The summed E-state index contributed by atoms with van der Waals surface area (Å²) in [5, 5.41) is 11.4. The van der Waals surface area contributed by atoms with E-state index >= 15 is 0 Å². The van der Waals surface area contributed by atoms with Gasteiger partial charge in [-0.25, -0.2) is 5.01 Å². The molecule has 0 aromatic heterocycles. The molecule has 0 bridgehead atoms. The molecule has 3 atom stereocenters. The normalized spacial score (nSPS) is 21.7. The number of piperidine rings is 1. The third-order valence-electron chi connectivity index (χ3n) is 8.87. The van der Waals surface area contributed by atoms with Gasteiger partial charge in [0.2, 0.25) is 11.8 Å². The van der Waals surface area contributed by atoms with Gasteiger partial charge in [0.1, 0.15) is 18.0 Å². The van der Waals surface area contributed by atoms with Crippen molar-refractivity contribution in [1.29, 1.82) is 0 Å². The largest absolute Gasteiger partial charge is 0.408 e. The maximum atomic E-state index is 14.3. The van der Waals surface area contributed by atoms with Gasteiger partial charge in [0.25, 0.3) is 5.91 Å². The Balaban J connectivity index is 1.27. The van der Waals surface area contributed by atoms with Crippen LogP contribution in [0.15, 0.2) is 84.0 Å². The van der Waals surface area contributed by atoms with Crippen molar-refractivity contribution in [2.75, 3.05) is 19.6 Å². The summed E-state index contributed by atoms with van der Waals surface area (Å²) in [7, 11) is 0. The number of hydrazone groups is 1. The summed E-state index contributed by atoms with van der Waals surface area (Å²) in [5.41, 5.74) is 2.53. The molecule has 0 spiro atoms. The molecule has 3 aliphatic rings. The lowest BCUT2D eigenvalue weighted by Gasteiger charge is -2.41. The van der Waals surface area contributed by atoms with Gasteiger partial charge in [0.05, 0.1) is 11.8 Å². The second-order valence-electron chi connectivity index (χ2n) is 12.1.